The van der Waals surface area contributed by atoms with Gasteiger partial charge in [-0.2, -0.15) is 0 Å². The molecule has 0 radical (unpaired) electrons. The average Bonchev–Trinajstić information content (AvgIpc) is 2.42. The monoisotopic (exact) mass is 264 g/mol. The van der Waals surface area contributed by atoms with Gasteiger partial charge in [0.2, 0.25) is 0 Å². The van der Waals surface area contributed by atoms with E-state index in [2.05, 4.69) is 57.7 Å². The second-order valence-corrected chi connectivity index (χ2v) is 4.37. The smallest absolute Gasteiger partial charge is 0.0118 e. The lowest BCUT2D eigenvalue weighted by Gasteiger charge is -2.02. The normalized spacial score (nSPS) is 12.7. The van der Waals surface area contributed by atoms with E-state index in [-0.39, 0.29) is 0 Å². The molecule has 0 aromatic carbocycles. The maximum Gasteiger partial charge on any atom is 0.0118 e. The highest BCUT2D eigenvalue weighted by Gasteiger charge is 1.95. The van der Waals surface area contributed by atoms with Gasteiger partial charge in [0.15, 0.2) is 0 Å². The highest BCUT2D eigenvalue weighted by Crippen LogP contribution is 2.27. The molecular weight excluding hydrogens is 236 g/mol. The molecule has 0 aliphatic rings. The van der Waals surface area contributed by atoms with Crippen LogP contribution in [0, 0.1) is 0 Å². The summed E-state index contributed by atoms with van der Waals surface area (Å²) >= 11 is 1.77. The van der Waals surface area contributed by atoms with E-state index in [0.29, 0.717) is 0 Å². The molecule has 0 saturated heterocycles. The summed E-state index contributed by atoms with van der Waals surface area (Å²) in [5, 5.41) is 0. The molecule has 0 aromatic heterocycles. The molecule has 102 valence electrons. The molecular formula is C17H28S. The van der Waals surface area contributed by atoms with Crippen molar-refractivity contribution in [2.75, 3.05) is 0 Å². The zero-order valence-corrected chi connectivity index (χ0v) is 13.4. The van der Waals surface area contributed by atoms with Crippen LogP contribution in [0.3, 0.4) is 0 Å². The van der Waals surface area contributed by atoms with Crippen molar-refractivity contribution >= 4 is 11.8 Å². The zero-order chi connectivity index (χ0) is 14.2. The van der Waals surface area contributed by atoms with E-state index in [1.807, 2.05) is 26.0 Å². The van der Waals surface area contributed by atoms with E-state index < -0.39 is 0 Å². The Kier molecular flexibility index (Phi) is 17.3. The van der Waals surface area contributed by atoms with Crippen molar-refractivity contribution in [2.24, 2.45) is 0 Å². The number of allylic oxidation sites excluding steroid dienone is 7. The molecule has 0 rings (SSSR count). The molecule has 0 saturated carbocycles. The SMILES string of the molecule is C=C/C=C(\C=C/CC)SC(/C=C\CC)=C/C.CC. The highest BCUT2D eigenvalue weighted by atomic mass is 32.2. The molecule has 0 aliphatic carbocycles. The largest absolute Gasteiger partial charge is 0.0990 e. The van der Waals surface area contributed by atoms with Crippen molar-refractivity contribution < 1.29 is 0 Å². The van der Waals surface area contributed by atoms with E-state index in [4.69, 9.17) is 0 Å². The van der Waals surface area contributed by atoms with E-state index in [1.165, 1.54) is 9.81 Å². The molecule has 0 unspecified atom stereocenters. The van der Waals surface area contributed by atoms with Gasteiger partial charge in [-0.25, -0.2) is 0 Å². The molecule has 0 fully saturated rings. The first-order chi connectivity index (χ1) is 8.78. The van der Waals surface area contributed by atoms with Crippen LogP contribution < -0.4 is 0 Å². The number of hydrogen-bond acceptors (Lipinski definition) is 1. The average molecular weight is 264 g/mol. The topological polar surface area (TPSA) is 0 Å². The number of rotatable bonds is 7. The van der Waals surface area contributed by atoms with Crippen molar-refractivity contribution in [2.45, 2.75) is 47.5 Å². The first-order valence-corrected chi connectivity index (χ1v) is 7.60. The van der Waals surface area contributed by atoms with Crippen molar-refractivity contribution in [3.8, 4) is 0 Å². The van der Waals surface area contributed by atoms with Gasteiger partial charge in [-0.1, -0.05) is 82.5 Å². The Hall–Kier alpha value is -0.950. The first kappa shape index (κ1) is 19.4. The summed E-state index contributed by atoms with van der Waals surface area (Å²) in [6.45, 7) is 14.1. The molecule has 0 aliphatic heterocycles. The van der Waals surface area contributed by atoms with Crippen LogP contribution in [0.25, 0.3) is 0 Å². The summed E-state index contributed by atoms with van der Waals surface area (Å²) in [7, 11) is 0. The summed E-state index contributed by atoms with van der Waals surface area (Å²) in [4.78, 5) is 2.50. The van der Waals surface area contributed by atoms with Gasteiger partial charge in [-0.3, -0.25) is 0 Å². The first-order valence-electron chi connectivity index (χ1n) is 6.78. The van der Waals surface area contributed by atoms with Crippen LogP contribution in [-0.2, 0) is 0 Å². The van der Waals surface area contributed by atoms with Crippen LogP contribution >= 0.6 is 11.8 Å². The minimum Gasteiger partial charge on any atom is -0.0990 e. The third-order valence-corrected chi connectivity index (χ3v) is 2.95. The van der Waals surface area contributed by atoms with Crippen LogP contribution in [-0.4, -0.2) is 0 Å². The molecule has 0 bridgehead atoms. The van der Waals surface area contributed by atoms with E-state index >= 15 is 0 Å². The molecule has 0 N–H and O–H groups in total. The zero-order valence-electron chi connectivity index (χ0n) is 12.6. The van der Waals surface area contributed by atoms with Crippen LogP contribution in [0.5, 0.6) is 0 Å². The van der Waals surface area contributed by atoms with Crippen molar-refractivity contribution in [3.63, 3.8) is 0 Å². The Morgan fingerprint density at radius 1 is 1.00 bits per heavy atom. The molecule has 0 atom stereocenters. The Morgan fingerprint density at radius 3 is 1.89 bits per heavy atom. The van der Waals surface area contributed by atoms with Crippen LogP contribution in [0.1, 0.15) is 47.5 Å². The lowest BCUT2D eigenvalue weighted by atomic mass is 10.4. The third-order valence-electron chi connectivity index (χ3n) is 1.84. The molecule has 0 heterocycles. The van der Waals surface area contributed by atoms with E-state index in [1.54, 1.807) is 11.8 Å². The standard InChI is InChI=1S/C15H22S.C2H6/c1-5-9-12-14(8-4)16-15(11-7-3)13-10-6-2;1-2/h7-13H,3,5-6H2,1-2,4H3;1-2H3/b12-9-,13-10-,14-8+,15-11+;. The fourth-order valence-electron chi connectivity index (χ4n) is 1.03. The summed E-state index contributed by atoms with van der Waals surface area (Å²) < 4.78 is 0. The lowest BCUT2D eigenvalue weighted by Crippen LogP contribution is -1.74. The second-order valence-electron chi connectivity index (χ2n) is 3.22. The second kappa shape index (κ2) is 16.1. The van der Waals surface area contributed by atoms with Crippen molar-refractivity contribution in [1.29, 1.82) is 0 Å². The fraction of sp³-hybridized carbons (Fsp3) is 0.412. The van der Waals surface area contributed by atoms with Gasteiger partial charge in [-0.15, -0.1) is 0 Å². The van der Waals surface area contributed by atoms with Gasteiger partial charge in [0.05, 0.1) is 0 Å². The quantitative estimate of drug-likeness (QED) is 0.464. The predicted molar refractivity (Wildman–Crippen MR) is 89.8 cm³/mol. The minimum atomic E-state index is 1.06. The van der Waals surface area contributed by atoms with Gasteiger partial charge in [0.1, 0.15) is 0 Å². The van der Waals surface area contributed by atoms with E-state index in [0.717, 1.165) is 12.8 Å². The Morgan fingerprint density at radius 2 is 1.50 bits per heavy atom. The van der Waals surface area contributed by atoms with Gasteiger partial charge < -0.3 is 0 Å². The molecule has 0 aromatic rings. The Labute approximate surface area is 118 Å². The summed E-state index contributed by atoms with van der Waals surface area (Å²) in [5.41, 5.74) is 0. The predicted octanol–water partition coefficient (Wildman–Crippen LogP) is 6.65. The molecule has 18 heavy (non-hydrogen) atoms. The minimum absolute atomic E-state index is 1.06. The Bertz CT molecular complexity index is 304. The van der Waals surface area contributed by atoms with Gasteiger partial charge in [0.25, 0.3) is 0 Å². The maximum atomic E-state index is 3.74. The van der Waals surface area contributed by atoms with Crippen LogP contribution in [0.2, 0.25) is 0 Å². The third kappa shape index (κ3) is 11.5. The van der Waals surface area contributed by atoms with Crippen LogP contribution in [0.15, 0.2) is 58.9 Å². The van der Waals surface area contributed by atoms with E-state index in [9.17, 15) is 0 Å². The van der Waals surface area contributed by atoms with Crippen LogP contribution in [0.4, 0.5) is 0 Å². The Balaban J connectivity index is 0. The highest BCUT2D eigenvalue weighted by molar-refractivity contribution is 8.07. The summed E-state index contributed by atoms with van der Waals surface area (Å²) in [6, 6.07) is 0. The number of hydrogen-bond donors (Lipinski definition) is 0. The lowest BCUT2D eigenvalue weighted by molar-refractivity contribution is 1.22. The van der Waals surface area contributed by atoms with Gasteiger partial charge in [-0.05, 0) is 25.8 Å². The molecule has 0 spiro atoms. The molecule has 0 nitrogen and oxygen atoms in total. The number of thioether (sulfide) groups is 1. The van der Waals surface area contributed by atoms with Crippen molar-refractivity contribution in [1.82, 2.24) is 0 Å². The van der Waals surface area contributed by atoms with Gasteiger partial charge >= 0.3 is 0 Å². The molecule has 0 amide bonds. The molecule has 1 heteroatoms. The van der Waals surface area contributed by atoms with Gasteiger partial charge in [0, 0.05) is 9.81 Å². The van der Waals surface area contributed by atoms with Crippen molar-refractivity contribution in [3.05, 3.63) is 58.9 Å². The summed E-state index contributed by atoms with van der Waals surface area (Å²) in [6.07, 6.45) is 16.8. The maximum absolute atomic E-state index is 3.74. The summed E-state index contributed by atoms with van der Waals surface area (Å²) in [5.74, 6) is 0. The fourth-order valence-corrected chi connectivity index (χ4v) is 1.92.